The summed E-state index contributed by atoms with van der Waals surface area (Å²) in [6.07, 6.45) is 6.97. The number of hydrogen-bond donors (Lipinski definition) is 0. The Hall–Kier alpha value is -2.94. The van der Waals surface area contributed by atoms with E-state index >= 15 is 0 Å². The molecule has 4 aromatic rings. The van der Waals surface area contributed by atoms with E-state index < -0.39 is 0 Å². The van der Waals surface area contributed by atoms with Gasteiger partial charge in [0.05, 0.1) is 5.69 Å². The molecular weight excluding hydrogens is 404 g/mol. The van der Waals surface area contributed by atoms with E-state index in [9.17, 15) is 0 Å². The van der Waals surface area contributed by atoms with Gasteiger partial charge in [0.25, 0.3) is 0 Å². The fraction of sp³-hybridized carbons (Fsp3) is 0.400. The molecule has 33 heavy (non-hydrogen) atoms. The van der Waals surface area contributed by atoms with Crippen molar-refractivity contribution in [3.05, 3.63) is 65.5 Å². The first-order valence-electron chi connectivity index (χ1n) is 12.2. The predicted molar refractivity (Wildman–Crippen MR) is 140 cm³/mol. The Morgan fingerprint density at radius 3 is 2.24 bits per heavy atom. The highest BCUT2D eigenvalue weighted by Gasteiger charge is 2.39. The molecule has 2 heterocycles. The first-order chi connectivity index (χ1) is 15.6. The van der Waals surface area contributed by atoms with Gasteiger partial charge in [-0.1, -0.05) is 58.0 Å². The Kier molecular flexibility index (Phi) is 4.11. The van der Waals surface area contributed by atoms with Crippen molar-refractivity contribution in [2.24, 2.45) is 0 Å². The second kappa shape index (κ2) is 6.56. The van der Waals surface area contributed by atoms with Crippen molar-refractivity contribution >= 4 is 38.4 Å². The van der Waals surface area contributed by atoms with Crippen molar-refractivity contribution in [2.45, 2.75) is 71.4 Å². The van der Waals surface area contributed by atoms with Crippen molar-refractivity contribution in [3.63, 3.8) is 0 Å². The number of nitrogens with zero attached hydrogens (tertiary/aromatic N) is 2. The van der Waals surface area contributed by atoms with Crippen LogP contribution < -0.4 is 4.90 Å². The zero-order valence-corrected chi connectivity index (χ0v) is 20.9. The van der Waals surface area contributed by atoms with Crippen molar-refractivity contribution < 1.29 is 4.42 Å². The van der Waals surface area contributed by atoms with Crippen molar-refractivity contribution in [1.82, 2.24) is 4.90 Å². The molecule has 3 nitrogen and oxygen atoms in total. The van der Waals surface area contributed by atoms with Gasteiger partial charge in [-0.05, 0) is 65.7 Å². The third-order valence-corrected chi connectivity index (χ3v) is 8.46. The van der Waals surface area contributed by atoms with Crippen LogP contribution in [0.1, 0.15) is 64.2 Å². The third kappa shape index (κ3) is 2.74. The van der Waals surface area contributed by atoms with Crippen LogP contribution in [0.3, 0.4) is 0 Å². The average molecular weight is 439 g/mol. The number of fused-ring (bicyclic) bond motifs is 7. The second-order valence-corrected chi connectivity index (χ2v) is 11.5. The molecule has 1 aliphatic carbocycles. The van der Waals surface area contributed by atoms with E-state index in [1.165, 1.54) is 56.8 Å². The van der Waals surface area contributed by atoms with Crippen LogP contribution in [0.4, 0.5) is 5.69 Å². The third-order valence-electron chi connectivity index (χ3n) is 8.46. The molecule has 1 aromatic heterocycles. The molecule has 0 spiro atoms. The summed E-state index contributed by atoms with van der Waals surface area (Å²) in [6, 6.07) is 13.7. The van der Waals surface area contributed by atoms with Crippen LogP contribution in [0, 0.1) is 6.92 Å². The standard InChI is InChI=1S/C30H34N2O/c1-18-8-11-22-21-12-9-20-10-13-23-25(30(5,6)15-14-29(23,3)4)24(20)27(21)33-28(22)26(18)32-17-16-31(7)19(32)2/h8-13,16-17,19H,14-15H2,1-7H3/t19-/m0/s1. The summed E-state index contributed by atoms with van der Waals surface area (Å²) >= 11 is 0. The minimum Gasteiger partial charge on any atom is -0.453 e. The maximum absolute atomic E-state index is 6.91. The van der Waals surface area contributed by atoms with Crippen molar-refractivity contribution in [2.75, 3.05) is 11.9 Å². The molecule has 0 N–H and O–H groups in total. The minimum absolute atomic E-state index is 0.116. The highest BCUT2D eigenvalue weighted by Crippen LogP contribution is 2.51. The van der Waals surface area contributed by atoms with Crippen molar-refractivity contribution in [3.8, 4) is 0 Å². The summed E-state index contributed by atoms with van der Waals surface area (Å²) in [4.78, 5) is 4.57. The summed E-state index contributed by atoms with van der Waals surface area (Å²) in [5.41, 5.74) is 7.70. The Morgan fingerprint density at radius 1 is 0.848 bits per heavy atom. The van der Waals surface area contributed by atoms with Crippen LogP contribution in [0.15, 0.2) is 53.2 Å². The summed E-state index contributed by atoms with van der Waals surface area (Å²) in [5.74, 6) is 0. The lowest BCUT2D eigenvalue weighted by Gasteiger charge is -2.42. The van der Waals surface area contributed by atoms with Gasteiger partial charge in [0.1, 0.15) is 11.7 Å². The van der Waals surface area contributed by atoms with E-state index in [0.29, 0.717) is 0 Å². The SMILES string of the molecule is Cc1ccc2c(oc3c2ccc2ccc4c(c23)C(C)(C)CCC4(C)C)c1N1C=CN(C)[C@@H]1C. The van der Waals surface area contributed by atoms with Gasteiger partial charge in [-0.3, -0.25) is 0 Å². The second-order valence-electron chi connectivity index (χ2n) is 11.5. The largest absolute Gasteiger partial charge is 0.453 e. The minimum atomic E-state index is 0.116. The molecule has 1 aliphatic heterocycles. The lowest BCUT2D eigenvalue weighted by molar-refractivity contribution is 0.334. The molecule has 6 rings (SSSR count). The number of rotatable bonds is 1. The molecule has 0 radical (unpaired) electrons. The van der Waals surface area contributed by atoms with Crippen LogP contribution in [-0.4, -0.2) is 18.1 Å². The van der Waals surface area contributed by atoms with Gasteiger partial charge in [-0.15, -0.1) is 0 Å². The van der Waals surface area contributed by atoms with Crippen LogP contribution in [-0.2, 0) is 10.8 Å². The Labute approximate surface area is 196 Å². The van der Waals surface area contributed by atoms with Gasteiger partial charge in [-0.25, -0.2) is 0 Å². The van der Waals surface area contributed by atoms with Crippen LogP contribution in [0.5, 0.6) is 0 Å². The molecule has 3 aromatic carbocycles. The maximum atomic E-state index is 6.91. The van der Waals surface area contributed by atoms with E-state index in [1.54, 1.807) is 0 Å². The van der Waals surface area contributed by atoms with Gasteiger partial charge in [0.2, 0.25) is 0 Å². The lowest BCUT2D eigenvalue weighted by Crippen LogP contribution is -2.34. The fourth-order valence-electron chi connectivity index (χ4n) is 6.15. The number of anilines is 1. The van der Waals surface area contributed by atoms with E-state index in [-0.39, 0.29) is 17.0 Å². The van der Waals surface area contributed by atoms with Crippen molar-refractivity contribution in [1.29, 1.82) is 0 Å². The van der Waals surface area contributed by atoms with Gasteiger partial charge in [-0.2, -0.15) is 0 Å². The summed E-state index contributed by atoms with van der Waals surface area (Å²) in [5, 5.41) is 5.01. The fourth-order valence-corrected chi connectivity index (χ4v) is 6.15. The molecule has 1 atom stereocenters. The van der Waals surface area contributed by atoms with Gasteiger partial charge < -0.3 is 14.2 Å². The first-order valence-corrected chi connectivity index (χ1v) is 12.2. The molecule has 3 heteroatoms. The smallest absolute Gasteiger partial charge is 0.159 e. The molecule has 0 saturated heterocycles. The highest BCUT2D eigenvalue weighted by molar-refractivity contribution is 6.18. The topological polar surface area (TPSA) is 19.6 Å². The molecule has 0 bridgehead atoms. The molecule has 0 amide bonds. The highest BCUT2D eigenvalue weighted by atomic mass is 16.3. The van der Waals surface area contributed by atoms with Gasteiger partial charge in [0, 0.05) is 35.6 Å². The number of furan rings is 1. The Bertz CT molecular complexity index is 1470. The van der Waals surface area contributed by atoms with Crippen LogP contribution in [0.25, 0.3) is 32.7 Å². The van der Waals surface area contributed by atoms with E-state index in [0.717, 1.165) is 11.2 Å². The van der Waals surface area contributed by atoms with Gasteiger partial charge >= 0.3 is 0 Å². The number of benzene rings is 3. The number of hydrogen-bond acceptors (Lipinski definition) is 3. The molecule has 0 fully saturated rings. The Morgan fingerprint density at radius 2 is 1.52 bits per heavy atom. The van der Waals surface area contributed by atoms with E-state index in [4.69, 9.17) is 4.42 Å². The van der Waals surface area contributed by atoms with Gasteiger partial charge in [0.15, 0.2) is 5.58 Å². The maximum Gasteiger partial charge on any atom is 0.159 e. The number of aryl methyl sites for hydroxylation is 1. The molecule has 170 valence electrons. The molecule has 2 aliphatic rings. The monoisotopic (exact) mass is 438 g/mol. The van der Waals surface area contributed by atoms with E-state index in [2.05, 4.69) is 107 Å². The molecule has 0 unspecified atom stereocenters. The molecule has 0 saturated carbocycles. The summed E-state index contributed by atoms with van der Waals surface area (Å²) < 4.78 is 6.91. The normalized spacial score (nSPS) is 21.5. The van der Waals surface area contributed by atoms with Crippen LogP contribution >= 0.6 is 0 Å². The lowest BCUT2D eigenvalue weighted by atomic mass is 9.62. The average Bonchev–Trinajstić information content (AvgIpc) is 3.31. The first kappa shape index (κ1) is 20.7. The zero-order chi connectivity index (χ0) is 23.3. The zero-order valence-electron chi connectivity index (χ0n) is 20.9. The predicted octanol–water partition coefficient (Wildman–Crippen LogP) is 7.97. The molecular formula is C30H34N2O. The van der Waals surface area contributed by atoms with Crippen LogP contribution in [0.2, 0.25) is 0 Å². The quantitative estimate of drug-likeness (QED) is 0.300. The summed E-state index contributed by atoms with van der Waals surface area (Å²) in [7, 11) is 2.12. The Balaban J connectivity index is 1.75. The van der Waals surface area contributed by atoms with E-state index in [1.807, 2.05) is 0 Å². The summed E-state index contributed by atoms with van der Waals surface area (Å²) in [6.45, 7) is 14.0.